The topological polar surface area (TPSA) is 82.8 Å². The quantitative estimate of drug-likeness (QED) is 0.602. The lowest BCUT2D eigenvalue weighted by Gasteiger charge is -2.10. The third kappa shape index (κ3) is 4.48. The van der Waals surface area contributed by atoms with Crippen LogP contribution in [0.15, 0.2) is 42.6 Å². The molecule has 8 heteroatoms. The van der Waals surface area contributed by atoms with E-state index in [2.05, 4.69) is 10.1 Å². The van der Waals surface area contributed by atoms with Gasteiger partial charge in [0.25, 0.3) is 5.88 Å². The first-order valence-electron chi connectivity index (χ1n) is 7.82. The first kappa shape index (κ1) is 17.2. The molecule has 0 aliphatic rings. The summed E-state index contributed by atoms with van der Waals surface area (Å²) in [5, 5.41) is 4.29. The van der Waals surface area contributed by atoms with Gasteiger partial charge < -0.3 is 9.47 Å². The van der Waals surface area contributed by atoms with Gasteiger partial charge in [0.2, 0.25) is 0 Å². The zero-order valence-corrected chi connectivity index (χ0v) is 14.9. The summed E-state index contributed by atoms with van der Waals surface area (Å²) < 4.78 is 35.4. The van der Waals surface area contributed by atoms with Gasteiger partial charge >= 0.3 is 6.01 Å². The van der Waals surface area contributed by atoms with Crippen molar-refractivity contribution in [1.82, 2.24) is 14.6 Å². The number of benzene rings is 1. The fourth-order valence-electron chi connectivity index (χ4n) is 2.34. The third-order valence-corrected chi connectivity index (χ3v) is 4.54. The molecule has 0 amide bonds. The van der Waals surface area contributed by atoms with Crippen LogP contribution in [0, 0.1) is 6.92 Å². The van der Waals surface area contributed by atoms with Gasteiger partial charge in [0.1, 0.15) is 21.1 Å². The first-order chi connectivity index (χ1) is 11.9. The average Bonchev–Trinajstić information content (AvgIpc) is 2.93. The van der Waals surface area contributed by atoms with Crippen molar-refractivity contribution < 1.29 is 17.9 Å². The van der Waals surface area contributed by atoms with Gasteiger partial charge in [-0.05, 0) is 37.1 Å². The van der Waals surface area contributed by atoms with Gasteiger partial charge in [-0.25, -0.2) is 12.9 Å². The van der Waals surface area contributed by atoms with E-state index in [0.717, 1.165) is 11.1 Å². The Hall–Kier alpha value is -2.61. The minimum atomic E-state index is -3.01. The van der Waals surface area contributed by atoms with Crippen molar-refractivity contribution in [2.75, 3.05) is 18.6 Å². The monoisotopic (exact) mass is 361 g/mol. The lowest BCUT2D eigenvalue weighted by atomic mass is 10.3. The lowest BCUT2D eigenvalue weighted by molar-refractivity contribution is 0.282. The smallest absolute Gasteiger partial charge is 0.337 e. The fraction of sp³-hybridized carbons (Fsp3) is 0.294. The van der Waals surface area contributed by atoms with E-state index in [-0.39, 0.29) is 18.4 Å². The molecule has 0 atom stereocenters. The molecule has 132 valence electrons. The van der Waals surface area contributed by atoms with Crippen molar-refractivity contribution in [1.29, 1.82) is 0 Å². The minimum Gasteiger partial charge on any atom is -0.462 e. The SMILES string of the molecule is Cc1ccn2nc(OCCCS(C)(=O)=O)nc(Oc3ccccc3)c12. The van der Waals surface area contributed by atoms with Crippen molar-refractivity contribution in [2.45, 2.75) is 13.3 Å². The summed E-state index contributed by atoms with van der Waals surface area (Å²) in [6, 6.07) is 11.4. The molecule has 0 bridgehead atoms. The van der Waals surface area contributed by atoms with E-state index in [1.165, 1.54) is 6.26 Å². The van der Waals surface area contributed by atoms with Crippen LogP contribution in [0.3, 0.4) is 0 Å². The minimum absolute atomic E-state index is 0.0608. The van der Waals surface area contributed by atoms with Gasteiger partial charge in [0.15, 0.2) is 0 Å². The van der Waals surface area contributed by atoms with Crippen molar-refractivity contribution in [2.24, 2.45) is 0 Å². The van der Waals surface area contributed by atoms with Gasteiger partial charge in [0.05, 0.1) is 12.4 Å². The number of hydrogen-bond donors (Lipinski definition) is 0. The van der Waals surface area contributed by atoms with E-state index in [1.807, 2.05) is 43.3 Å². The normalized spacial score (nSPS) is 11.6. The molecular weight excluding hydrogens is 342 g/mol. The molecule has 2 heterocycles. The van der Waals surface area contributed by atoms with Crippen LogP contribution in [0.5, 0.6) is 17.6 Å². The van der Waals surface area contributed by atoms with Gasteiger partial charge in [-0.2, -0.15) is 4.98 Å². The highest BCUT2D eigenvalue weighted by atomic mass is 32.2. The zero-order valence-electron chi connectivity index (χ0n) is 14.0. The van der Waals surface area contributed by atoms with Crippen LogP contribution in [0.2, 0.25) is 0 Å². The van der Waals surface area contributed by atoms with Gasteiger partial charge in [-0.3, -0.25) is 0 Å². The van der Waals surface area contributed by atoms with Crippen LogP contribution in [0.1, 0.15) is 12.0 Å². The highest BCUT2D eigenvalue weighted by Gasteiger charge is 2.14. The highest BCUT2D eigenvalue weighted by molar-refractivity contribution is 7.90. The Morgan fingerprint density at radius 3 is 2.64 bits per heavy atom. The molecule has 25 heavy (non-hydrogen) atoms. The number of hydrogen-bond acceptors (Lipinski definition) is 6. The van der Waals surface area contributed by atoms with E-state index in [4.69, 9.17) is 9.47 Å². The second kappa shape index (κ2) is 7.10. The second-order valence-corrected chi connectivity index (χ2v) is 8.00. The number of rotatable bonds is 7. The highest BCUT2D eigenvalue weighted by Crippen LogP contribution is 2.27. The summed E-state index contributed by atoms with van der Waals surface area (Å²) in [4.78, 5) is 4.34. The van der Waals surface area contributed by atoms with Crippen molar-refractivity contribution in [3.8, 4) is 17.6 Å². The molecule has 0 saturated carbocycles. The predicted octanol–water partition coefficient (Wildman–Crippen LogP) is 2.64. The standard InChI is InChI=1S/C17H19N3O4S/c1-13-9-10-20-15(13)16(24-14-7-4-3-5-8-14)18-17(19-20)23-11-6-12-25(2,21)22/h3-5,7-10H,6,11-12H2,1-2H3. The van der Waals surface area contributed by atoms with Gasteiger partial charge in [0, 0.05) is 12.5 Å². The summed E-state index contributed by atoms with van der Waals surface area (Å²) in [5.41, 5.74) is 1.74. The van der Waals surface area contributed by atoms with Crippen LogP contribution in [-0.4, -0.2) is 41.6 Å². The van der Waals surface area contributed by atoms with Crippen LogP contribution in [0.4, 0.5) is 0 Å². The molecule has 0 radical (unpaired) electrons. The zero-order chi connectivity index (χ0) is 17.9. The number of nitrogens with zero attached hydrogens (tertiary/aromatic N) is 3. The van der Waals surface area contributed by atoms with Crippen molar-refractivity contribution in [3.05, 3.63) is 48.2 Å². The summed E-state index contributed by atoms with van der Waals surface area (Å²) >= 11 is 0. The molecule has 3 aromatic rings. The van der Waals surface area contributed by atoms with E-state index in [0.29, 0.717) is 18.1 Å². The van der Waals surface area contributed by atoms with Crippen LogP contribution >= 0.6 is 0 Å². The van der Waals surface area contributed by atoms with E-state index >= 15 is 0 Å². The van der Waals surface area contributed by atoms with Crippen LogP contribution < -0.4 is 9.47 Å². The largest absolute Gasteiger partial charge is 0.462 e. The van der Waals surface area contributed by atoms with Crippen molar-refractivity contribution in [3.63, 3.8) is 0 Å². The molecule has 1 aromatic carbocycles. The summed E-state index contributed by atoms with van der Waals surface area (Å²) in [5.74, 6) is 1.11. The first-order valence-corrected chi connectivity index (χ1v) is 9.88. The van der Waals surface area contributed by atoms with Crippen LogP contribution in [-0.2, 0) is 9.84 Å². The predicted molar refractivity (Wildman–Crippen MR) is 94.1 cm³/mol. The van der Waals surface area contributed by atoms with E-state index in [9.17, 15) is 8.42 Å². The Morgan fingerprint density at radius 2 is 1.92 bits per heavy atom. The fourth-order valence-corrected chi connectivity index (χ4v) is 2.98. The molecule has 0 aliphatic carbocycles. The number of aryl methyl sites for hydroxylation is 1. The van der Waals surface area contributed by atoms with E-state index in [1.54, 1.807) is 10.7 Å². The molecule has 0 N–H and O–H groups in total. The lowest BCUT2D eigenvalue weighted by Crippen LogP contribution is -2.10. The number of para-hydroxylation sites is 1. The third-order valence-electron chi connectivity index (χ3n) is 3.51. The molecular formula is C17H19N3O4S. The molecule has 0 fully saturated rings. The van der Waals surface area contributed by atoms with Crippen molar-refractivity contribution >= 4 is 15.4 Å². The molecule has 0 aliphatic heterocycles. The maximum Gasteiger partial charge on any atom is 0.337 e. The Kier molecular flexibility index (Phi) is 4.89. The Balaban J connectivity index is 1.83. The summed E-state index contributed by atoms with van der Waals surface area (Å²) in [6.07, 6.45) is 3.37. The molecule has 0 unspecified atom stereocenters. The van der Waals surface area contributed by atoms with Gasteiger partial charge in [-0.1, -0.05) is 18.2 Å². The number of ether oxygens (including phenoxy) is 2. The molecule has 2 aromatic heterocycles. The molecule has 3 rings (SSSR count). The number of aromatic nitrogens is 3. The molecule has 7 nitrogen and oxygen atoms in total. The summed E-state index contributed by atoms with van der Waals surface area (Å²) in [6.45, 7) is 2.16. The maximum absolute atomic E-state index is 11.2. The van der Waals surface area contributed by atoms with Gasteiger partial charge in [-0.15, -0.1) is 5.10 Å². The Labute approximate surface area is 146 Å². The second-order valence-electron chi connectivity index (χ2n) is 5.74. The Bertz CT molecular complexity index is 968. The summed E-state index contributed by atoms with van der Waals surface area (Å²) in [7, 11) is -3.01. The average molecular weight is 361 g/mol. The maximum atomic E-state index is 11.2. The van der Waals surface area contributed by atoms with Crippen LogP contribution in [0.25, 0.3) is 5.52 Å². The number of fused-ring (bicyclic) bond motifs is 1. The Morgan fingerprint density at radius 1 is 1.16 bits per heavy atom. The van der Waals surface area contributed by atoms with E-state index < -0.39 is 9.84 Å². The molecule has 0 saturated heterocycles. The molecule has 0 spiro atoms. The number of sulfone groups is 1.